The van der Waals surface area contributed by atoms with Crippen molar-refractivity contribution < 1.29 is 9.47 Å². The van der Waals surface area contributed by atoms with Gasteiger partial charge in [0, 0.05) is 6.42 Å². The van der Waals surface area contributed by atoms with Crippen LogP contribution in [0.25, 0.3) is 0 Å². The Kier molecular flexibility index (Phi) is 7.05. The average Bonchev–Trinajstić information content (AvgIpc) is 2.61. The molecule has 2 rings (SSSR count). The molecule has 0 aromatic heterocycles. The maximum Gasteiger partial charge on any atom is 0.166 e. The first-order valence-corrected chi connectivity index (χ1v) is 8.19. The first-order valence-electron chi connectivity index (χ1n) is 8.19. The Hall–Kier alpha value is -1.90. The van der Waals surface area contributed by atoms with Crippen LogP contribution in [0.15, 0.2) is 72.8 Å². The highest BCUT2D eigenvalue weighted by Crippen LogP contribution is 2.23. The Balaban J connectivity index is 1.95. The van der Waals surface area contributed by atoms with Crippen LogP contribution in [0.1, 0.15) is 37.8 Å². The molecular formula is C21H26O2. The van der Waals surface area contributed by atoms with Crippen LogP contribution in [0.5, 0.6) is 0 Å². The molecule has 2 nitrogen and oxygen atoms in total. The smallest absolute Gasteiger partial charge is 0.166 e. The van der Waals surface area contributed by atoms with E-state index in [9.17, 15) is 0 Å². The maximum absolute atomic E-state index is 6.13. The summed E-state index contributed by atoms with van der Waals surface area (Å²) >= 11 is 0. The van der Waals surface area contributed by atoms with Gasteiger partial charge >= 0.3 is 0 Å². The first kappa shape index (κ1) is 17.5. The highest BCUT2D eigenvalue weighted by Gasteiger charge is 2.25. The number of hydrogen-bond donors (Lipinski definition) is 0. The van der Waals surface area contributed by atoms with E-state index in [1.54, 1.807) is 0 Å². The molecule has 0 fully saturated rings. The second-order valence-electron chi connectivity index (χ2n) is 5.79. The van der Waals surface area contributed by atoms with E-state index in [4.69, 9.17) is 9.47 Å². The minimum absolute atomic E-state index is 0.558. The van der Waals surface area contributed by atoms with Gasteiger partial charge in [-0.2, -0.15) is 0 Å². The van der Waals surface area contributed by atoms with Crippen molar-refractivity contribution in [3.63, 3.8) is 0 Å². The van der Waals surface area contributed by atoms with Gasteiger partial charge in [0.15, 0.2) is 5.79 Å². The number of benzene rings is 2. The van der Waals surface area contributed by atoms with E-state index in [0.717, 1.165) is 24.0 Å². The van der Waals surface area contributed by atoms with Gasteiger partial charge < -0.3 is 9.47 Å². The van der Waals surface area contributed by atoms with E-state index in [1.807, 2.05) is 50.2 Å². The molecule has 122 valence electrons. The standard InChI is InChI=1S/C21H26O2/c1-3-4-11-16-21(2,22-17-19-12-7-5-8-13-19)23-18-20-14-9-6-10-15-20/h3-10,12-15H,11,16-18H2,1-2H3. The summed E-state index contributed by atoms with van der Waals surface area (Å²) in [6.07, 6.45) is 5.98. The lowest BCUT2D eigenvalue weighted by Crippen LogP contribution is -2.32. The van der Waals surface area contributed by atoms with Crippen LogP contribution in [-0.2, 0) is 22.7 Å². The summed E-state index contributed by atoms with van der Waals surface area (Å²) in [6, 6.07) is 20.4. The van der Waals surface area contributed by atoms with Crippen molar-refractivity contribution in [2.24, 2.45) is 0 Å². The predicted molar refractivity (Wildman–Crippen MR) is 94.9 cm³/mol. The van der Waals surface area contributed by atoms with Gasteiger partial charge in [0.05, 0.1) is 13.2 Å². The zero-order chi connectivity index (χ0) is 16.4. The molecule has 2 aromatic carbocycles. The van der Waals surface area contributed by atoms with Crippen LogP contribution in [0, 0.1) is 0 Å². The summed E-state index contributed by atoms with van der Waals surface area (Å²) in [5.74, 6) is -0.592. The lowest BCUT2D eigenvalue weighted by atomic mass is 10.1. The minimum atomic E-state index is -0.592. The fraction of sp³-hybridized carbons (Fsp3) is 0.333. The fourth-order valence-electron chi connectivity index (χ4n) is 2.32. The fourth-order valence-corrected chi connectivity index (χ4v) is 2.32. The number of allylic oxidation sites excluding steroid dienone is 2. The highest BCUT2D eigenvalue weighted by molar-refractivity contribution is 5.14. The van der Waals surface area contributed by atoms with Crippen LogP contribution in [0.2, 0.25) is 0 Å². The molecule has 0 unspecified atom stereocenters. The maximum atomic E-state index is 6.13. The monoisotopic (exact) mass is 310 g/mol. The quantitative estimate of drug-likeness (QED) is 0.450. The predicted octanol–water partition coefficient (Wildman–Crippen LogP) is 5.49. The highest BCUT2D eigenvalue weighted by atomic mass is 16.7. The first-order chi connectivity index (χ1) is 11.2. The second kappa shape index (κ2) is 9.29. The molecule has 0 N–H and O–H groups in total. The summed E-state index contributed by atoms with van der Waals surface area (Å²) in [7, 11) is 0. The van der Waals surface area contributed by atoms with Gasteiger partial charge in [0.1, 0.15) is 0 Å². The molecular weight excluding hydrogens is 284 g/mol. The van der Waals surface area contributed by atoms with E-state index < -0.39 is 5.79 Å². The number of rotatable bonds is 9. The normalized spacial score (nSPS) is 11.9. The SMILES string of the molecule is CC=CCCC(C)(OCc1ccccc1)OCc1ccccc1. The van der Waals surface area contributed by atoms with Gasteiger partial charge in [-0.25, -0.2) is 0 Å². The molecule has 0 heterocycles. The molecule has 0 spiro atoms. The lowest BCUT2D eigenvalue weighted by molar-refractivity contribution is -0.241. The van der Waals surface area contributed by atoms with Crippen LogP contribution in [0.4, 0.5) is 0 Å². The molecule has 0 saturated heterocycles. The molecule has 0 aliphatic heterocycles. The molecule has 0 aliphatic carbocycles. The molecule has 2 aromatic rings. The molecule has 0 aliphatic rings. The van der Waals surface area contributed by atoms with Crippen molar-refractivity contribution >= 4 is 0 Å². The van der Waals surface area contributed by atoms with E-state index in [1.165, 1.54) is 0 Å². The zero-order valence-electron chi connectivity index (χ0n) is 14.1. The van der Waals surface area contributed by atoms with E-state index >= 15 is 0 Å². The molecule has 0 amide bonds. The van der Waals surface area contributed by atoms with Crippen molar-refractivity contribution in [2.75, 3.05) is 0 Å². The van der Waals surface area contributed by atoms with E-state index in [2.05, 4.69) is 36.4 Å². The van der Waals surface area contributed by atoms with Crippen LogP contribution >= 0.6 is 0 Å². The Morgan fingerprint density at radius 3 is 1.74 bits per heavy atom. The number of ether oxygens (including phenoxy) is 2. The Morgan fingerprint density at radius 2 is 1.30 bits per heavy atom. The average molecular weight is 310 g/mol. The van der Waals surface area contributed by atoms with Crippen molar-refractivity contribution in [1.29, 1.82) is 0 Å². The summed E-state index contributed by atoms with van der Waals surface area (Å²) in [4.78, 5) is 0. The summed E-state index contributed by atoms with van der Waals surface area (Å²) in [6.45, 7) is 5.18. The number of hydrogen-bond acceptors (Lipinski definition) is 2. The van der Waals surface area contributed by atoms with Gasteiger partial charge in [-0.1, -0.05) is 72.8 Å². The van der Waals surface area contributed by atoms with Crippen LogP contribution < -0.4 is 0 Å². The molecule has 0 bridgehead atoms. The summed E-state index contributed by atoms with van der Waals surface area (Å²) < 4.78 is 12.3. The summed E-state index contributed by atoms with van der Waals surface area (Å²) in [5.41, 5.74) is 2.32. The van der Waals surface area contributed by atoms with Crippen molar-refractivity contribution in [2.45, 2.75) is 45.7 Å². The zero-order valence-corrected chi connectivity index (χ0v) is 14.1. The third-order valence-corrected chi connectivity index (χ3v) is 3.77. The third-order valence-electron chi connectivity index (χ3n) is 3.77. The minimum Gasteiger partial charge on any atom is -0.346 e. The summed E-state index contributed by atoms with van der Waals surface area (Å²) in [5, 5.41) is 0. The van der Waals surface area contributed by atoms with Gasteiger partial charge in [0.2, 0.25) is 0 Å². The Bertz CT molecular complexity index is 532. The molecule has 2 heteroatoms. The van der Waals surface area contributed by atoms with Crippen LogP contribution in [-0.4, -0.2) is 5.79 Å². The van der Waals surface area contributed by atoms with Gasteiger partial charge in [-0.3, -0.25) is 0 Å². The molecule has 0 radical (unpaired) electrons. The van der Waals surface area contributed by atoms with Gasteiger partial charge in [-0.05, 0) is 31.4 Å². The lowest BCUT2D eigenvalue weighted by Gasteiger charge is -2.30. The van der Waals surface area contributed by atoms with Crippen LogP contribution in [0.3, 0.4) is 0 Å². The van der Waals surface area contributed by atoms with Gasteiger partial charge in [0.25, 0.3) is 0 Å². The third kappa shape index (κ3) is 6.39. The Morgan fingerprint density at radius 1 is 0.826 bits per heavy atom. The van der Waals surface area contributed by atoms with E-state index in [0.29, 0.717) is 13.2 Å². The van der Waals surface area contributed by atoms with E-state index in [-0.39, 0.29) is 0 Å². The van der Waals surface area contributed by atoms with Crippen molar-refractivity contribution in [3.8, 4) is 0 Å². The largest absolute Gasteiger partial charge is 0.346 e. The molecule has 23 heavy (non-hydrogen) atoms. The second-order valence-corrected chi connectivity index (χ2v) is 5.79. The van der Waals surface area contributed by atoms with Crippen molar-refractivity contribution in [3.05, 3.63) is 83.9 Å². The topological polar surface area (TPSA) is 18.5 Å². The van der Waals surface area contributed by atoms with Gasteiger partial charge in [-0.15, -0.1) is 0 Å². The van der Waals surface area contributed by atoms with Crippen molar-refractivity contribution in [1.82, 2.24) is 0 Å². The molecule has 0 saturated carbocycles. The molecule has 0 atom stereocenters. The Labute approximate surface area is 139 Å².